The molecular formula is C62H90ClFN6O13. The summed E-state index contributed by atoms with van der Waals surface area (Å²) in [5.41, 5.74) is -0.956. The molecule has 3 heterocycles. The zero-order chi connectivity index (χ0) is 61.2. The van der Waals surface area contributed by atoms with Crippen LogP contribution in [0.3, 0.4) is 0 Å². The Labute approximate surface area is 494 Å². The van der Waals surface area contributed by atoms with Gasteiger partial charge in [-0.3, -0.25) is 24.0 Å². The summed E-state index contributed by atoms with van der Waals surface area (Å²) in [6.07, 6.45) is -7.33. The molecule has 460 valence electrons. The summed E-state index contributed by atoms with van der Waals surface area (Å²) in [4.78, 5) is 74.7. The minimum Gasteiger partial charge on any atom is -0.387 e. The van der Waals surface area contributed by atoms with Gasteiger partial charge in [0.1, 0.15) is 30.1 Å². The van der Waals surface area contributed by atoms with Gasteiger partial charge in [-0.1, -0.05) is 94.8 Å². The van der Waals surface area contributed by atoms with Gasteiger partial charge in [0.25, 0.3) is 0 Å². The molecular weight excluding hydrogens is 1090 g/mol. The maximum absolute atomic E-state index is 14.9. The first-order valence-electron chi connectivity index (χ1n) is 28.9. The number of ether oxygens (including phenoxy) is 5. The summed E-state index contributed by atoms with van der Waals surface area (Å²) in [5, 5.41) is 47.9. The van der Waals surface area contributed by atoms with Crippen molar-refractivity contribution in [1.82, 2.24) is 25.8 Å². The third-order valence-corrected chi connectivity index (χ3v) is 17.1. The third-order valence-electron chi connectivity index (χ3n) is 16.7. The number of likely N-dealkylation sites (N-methyl/N-ethyl adjacent to an activating group) is 1. The number of anilines is 1. The molecule has 3 fully saturated rings. The highest BCUT2D eigenvalue weighted by atomic mass is 35.5. The molecule has 3 aliphatic rings. The average Bonchev–Trinajstić information content (AvgIpc) is 3.65. The highest BCUT2D eigenvalue weighted by molar-refractivity contribution is 6.31. The van der Waals surface area contributed by atoms with E-state index in [9.17, 15) is 43.7 Å². The lowest BCUT2D eigenvalue weighted by molar-refractivity contribution is -0.317. The summed E-state index contributed by atoms with van der Waals surface area (Å²) in [5.74, 6) is -5.81. The molecule has 3 aliphatic heterocycles. The largest absolute Gasteiger partial charge is 0.387 e. The Morgan fingerprint density at radius 2 is 1.55 bits per heavy atom. The minimum absolute atomic E-state index is 0.0422. The molecule has 0 spiro atoms. The van der Waals surface area contributed by atoms with Crippen molar-refractivity contribution >= 4 is 46.8 Å². The summed E-state index contributed by atoms with van der Waals surface area (Å²) < 4.78 is 46.6. The first kappa shape index (κ1) is 67.0. The number of amides is 5. The van der Waals surface area contributed by atoms with E-state index in [1.165, 1.54) is 25.3 Å². The van der Waals surface area contributed by atoms with E-state index in [0.717, 1.165) is 0 Å². The van der Waals surface area contributed by atoms with E-state index >= 15 is 0 Å². The number of nitrogens with one attached hydrogen (secondary N) is 4. The Morgan fingerprint density at radius 3 is 2.18 bits per heavy atom. The fourth-order valence-electron chi connectivity index (χ4n) is 11.9. The second-order valence-corrected chi connectivity index (χ2v) is 24.9. The van der Waals surface area contributed by atoms with Gasteiger partial charge in [0, 0.05) is 68.7 Å². The molecule has 0 aliphatic carbocycles. The highest BCUT2D eigenvalue weighted by Gasteiger charge is 2.51. The number of aliphatic hydroxyl groups excluding tert-OH is 2. The van der Waals surface area contributed by atoms with Crippen molar-refractivity contribution in [3.63, 3.8) is 0 Å². The summed E-state index contributed by atoms with van der Waals surface area (Å²) in [7, 11) is 6.86. The normalized spacial score (nSPS) is 33.0. The van der Waals surface area contributed by atoms with Crippen molar-refractivity contribution in [2.75, 3.05) is 40.1 Å². The molecule has 3 saturated heterocycles. The Bertz CT molecular complexity index is 2670. The number of benzene rings is 3. The summed E-state index contributed by atoms with van der Waals surface area (Å²) in [6, 6.07) is 16.3. The molecule has 3 aromatic rings. The third kappa shape index (κ3) is 17.7. The topological polar surface area (TPSA) is 247 Å². The number of hydrogen-bond donors (Lipinski definition) is 7. The predicted octanol–water partition coefficient (Wildman–Crippen LogP) is 5.56. The van der Waals surface area contributed by atoms with E-state index in [0.29, 0.717) is 28.3 Å². The van der Waals surface area contributed by atoms with Gasteiger partial charge in [-0.15, -0.1) is 0 Å². The van der Waals surface area contributed by atoms with Crippen molar-refractivity contribution < 1.29 is 67.4 Å². The molecule has 83 heavy (non-hydrogen) atoms. The van der Waals surface area contributed by atoms with E-state index in [1.54, 1.807) is 115 Å². The van der Waals surface area contributed by atoms with E-state index < -0.39 is 120 Å². The molecule has 17 atom stereocenters. The van der Waals surface area contributed by atoms with E-state index in [2.05, 4.69) is 21.3 Å². The van der Waals surface area contributed by atoms with Crippen LogP contribution in [0.2, 0.25) is 5.02 Å². The quantitative estimate of drug-likeness (QED) is 0.0929. The van der Waals surface area contributed by atoms with Gasteiger partial charge in [-0.2, -0.15) is 0 Å². The smallest absolute Gasteiger partial charge is 0.247 e. The van der Waals surface area contributed by atoms with Gasteiger partial charge in [-0.25, -0.2) is 4.39 Å². The molecule has 0 unspecified atom stereocenters. The van der Waals surface area contributed by atoms with Crippen LogP contribution in [0.4, 0.5) is 10.1 Å². The fraction of sp³-hybridized carbons (Fsp3) is 0.629. The van der Waals surface area contributed by atoms with Crippen LogP contribution in [0.5, 0.6) is 0 Å². The Hall–Kier alpha value is -5.13. The van der Waals surface area contributed by atoms with Crippen molar-refractivity contribution in [2.24, 2.45) is 23.7 Å². The van der Waals surface area contributed by atoms with Gasteiger partial charge < -0.3 is 70.1 Å². The first-order chi connectivity index (χ1) is 39.0. The standard InChI is InChI=1S/C62H90ClFN6O13/c1-34(2)52-59(77)66-44(27-40-22-24-43(25-23-40)65-58(76)47(28-41-18-14-16-20-45(41)63)67-49(71)29-42-19-15-17-21-46(42)64)30-50(72)70(12)33-35(3)31-61(8,78)56(83-60-53(73)48(69(10)11)26-36(4)80-60)37(5)54(38(6)57(75)68-52)82-51-32-62(9,79-13)55(74)39(7)81-51/h14-25,34-39,44,47-48,51-56,60,73-74,78H,26-33H2,1-13H3,(H,65,76)(H,66,77)(H,67,71)(H,68,75)/t35-,36-,37+,38-,39+,44-,47+,48+,51+,52+,53-,54+,55+,56-,60+,61-,62-/m1/s1. The molecule has 5 amide bonds. The monoisotopic (exact) mass is 1180 g/mol. The lowest BCUT2D eigenvalue weighted by Gasteiger charge is -2.49. The number of nitrogens with zero attached hydrogens (tertiary/aromatic N) is 2. The number of rotatable bonds is 16. The molecule has 7 N–H and O–H groups in total. The number of hydrogen-bond acceptors (Lipinski definition) is 14. The van der Waals surface area contributed by atoms with Crippen LogP contribution >= 0.6 is 11.6 Å². The number of methoxy groups -OCH3 is 1. The summed E-state index contributed by atoms with van der Waals surface area (Å²) in [6.45, 7) is 16.1. The Balaban J connectivity index is 1.29. The number of aliphatic hydroxyl groups is 3. The van der Waals surface area contributed by atoms with Crippen LogP contribution in [-0.4, -0.2) is 174 Å². The SMILES string of the molecule is CO[C@]1(C)C[C@H](O[C@H]2[C@H](C)[C@@H](O[C@@H]3O[C@H](C)C[C@H](N(C)C)[C@H]3O)[C@](C)(O)C[C@@H](C)CN(C)C(=O)C[C@@H](Cc3ccc(NC(=O)[C@H](Cc4ccccc4Cl)NC(=O)Cc4ccccc4F)cc3)NC(=O)[C@H](C(C)C)NC(=O)[C@@H]2C)O[C@@H](C)[C@@H]1O. The van der Waals surface area contributed by atoms with Crippen molar-refractivity contribution in [2.45, 2.75) is 192 Å². The lowest BCUT2D eigenvalue weighted by atomic mass is 9.77. The number of carbonyl (C=O) groups is 5. The number of halogens is 2. The minimum atomic E-state index is -1.72. The van der Waals surface area contributed by atoms with E-state index in [4.69, 9.17) is 35.3 Å². The Kier molecular flexibility index (Phi) is 23.7. The van der Waals surface area contributed by atoms with Gasteiger partial charge in [-0.05, 0) is 114 Å². The van der Waals surface area contributed by atoms with Crippen LogP contribution in [-0.2, 0) is 66.9 Å². The van der Waals surface area contributed by atoms with E-state index in [-0.39, 0.29) is 74.6 Å². The van der Waals surface area contributed by atoms with Crippen LogP contribution < -0.4 is 21.3 Å². The Morgan fingerprint density at radius 1 is 0.904 bits per heavy atom. The maximum Gasteiger partial charge on any atom is 0.247 e. The van der Waals surface area contributed by atoms with Crippen molar-refractivity contribution in [1.29, 1.82) is 0 Å². The second-order valence-electron chi connectivity index (χ2n) is 24.5. The summed E-state index contributed by atoms with van der Waals surface area (Å²) >= 11 is 6.48. The van der Waals surface area contributed by atoms with Crippen LogP contribution in [0.1, 0.15) is 105 Å². The van der Waals surface area contributed by atoms with Crippen molar-refractivity contribution in [3.8, 4) is 0 Å². The zero-order valence-electron chi connectivity index (χ0n) is 50.4. The zero-order valence-corrected chi connectivity index (χ0v) is 51.2. The molecule has 0 bridgehead atoms. The molecule has 19 nitrogen and oxygen atoms in total. The van der Waals surface area contributed by atoms with Gasteiger partial charge in [0.2, 0.25) is 29.5 Å². The van der Waals surface area contributed by atoms with Crippen LogP contribution in [0.25, 0.3) is 0 Å². The van der Waals surface area contributed by atoms with Crippen LogP contribution in [0.15, 0.2) is 72.8 Å². The van der Waals surface area contributed by atoms with Gasteiger partial charge in [0.15, 0.2) is 12.6 Å². The van der Waals surface area contributed by atoms with Gasteiger partial charge >= 0.3 is 0 Å². The molecule has 3 aromatic carbocycles. The fourth-order valence-corrected chi connectivity index (χ4v) is 12.1. The molecule has 21 heteroatoms. The second kappa shape index (κ2) is 29.3. The van der Waals surface area contributed by atoms with Gasteiger partial charge in [0.05, 0.1) is 48.0 Å². The lowest BCUT2D eigenvalue weighted by Crippen LogP contribution is -2.61. The average molecular weight is 1180 g/mol. The first-order valence-corrected chi connectivity index (χ1v) is 29.3. The molecule has 0 saturated carbocycles. The maximum atomic E-state index is 14.9. The van der Waals surface area contributed by atoms with E-state index in [1.807, 2.05) is 32.8 Å². The number of carbonyl (C=O) groups excluding carboxylic acids is 5. The molecule has 0 aromatic heterocycles. The molecule has 6 rings (SSSR count). The van der Waals surface area contributed by atoms with Crippen molar-refractivity contribution in [3.05, 3.63) is 100 Å². The van der Waals surface area contributed by atoms with Crippen LogP contribution in [0, 0.1) is 29.5 Å². The molecule has 0 radical (unpaired) electrons. The predicted molar refractivity (Wildman–Crippen MR) is 312 cm³/mol. The highest BCUT2D eigenvalue weighted by Crippen LogP contribution is 2.39.